The van der Waals surface area contributed by atoms with Crippen molar-refractivity contribution >= 4 is 11.7 Å². The van der Waals surface area contributed by atoms with Gasteiger partial charge in [-0.25, -0.2) is 0 Å². The molecule has 1 heterocycles. The Morgan fingerprint density at radius 1 is 1.00 bits per heavy atom. The van der Waals surface area contributed by atoms with Crippen molar-refractivity contribution in [1.29, 1.82) is 0 Å². The molecule has 3 aliphatic rings. The zero-order valence-electron chi connectivity index (χ0n) is 13.2. The van der Waals surface area contributed by atoms with Gasteiger partial charge in [-0.3, -0.25) is 4.79 Å². The van der Waals surface area contributed by atoms with Crippen molar-refractivity contribution < 1.29 is 9.63 Å². The van der Waals surface area contributed by atoms with E-state index >= 15 is 0 Å². The molecule has 4 rings (SSSR count). The van der Waals surface area contributed by atoms with Crippen molar-refractivity contribution in [3.05, 3.63) is 59.7 Å². The van der Waals surface area contributed by atoms with Gasteiger partial charge in [-0.15, -0.1) is 0 Å². The predicted molar refractivity (Wildman–Crippen MR) is 91.4 cm³/mol. The third-order valence-electron chi connectivity index (χ3n) is 3.77. The molecule has 0 aromatic heterocycles. The Morgan fingerprint density at radius 3 is 2.35 bits per heavy atom. The first-order chi connectivity index (χ1) is 11.3. The molecule has 1 aliphatic heterocycles. The molecular formula is C19H20N2O2. The van der Waals surface area contributed by atoms with Gasteiger partial charge in [0, 0.05) is 5.56 Å². The van der Waals surface area contributed by atoms with Gasteiger partial charge in [0.25, 0.3) is 5.91 Å². The molecule has 118 valence electrons. The van der Waals surface area contributed by atoms with Gasteiger partial charge in [-0.2, -0.15) is 0 Å². The molecule has 1 aromatic rings. The predicted octanol–water partition coefficient (Wildman–Crippen LogP) is 3.97. The van der Waals surface area contributed by atoms with E-state index in [1.54, 1.807) is 6.07 Å². The molecule has 0 unspecified atom stereocenters. The highest BCUT2D eigenvalue weighted by Crippen LogP contribution is 2.32. The SMILES string of the molecule is CCCCCON=C1NC(=O)c2ccccc21.c1cc2cc-2c1. The van der Waals surface area contributed by atoms with E-state index < -0.39 is 0 Å². The number of carbonyl (C=O) groups is 1. The van der Waals surface area contributed by atoms with Gasteiger partial charge in [0.15, 0.2) is 5.84 Å². The maximum absolute atomic E-state index is 11.6. The summed E-state index contributed by atoms with van der Waals surface area (Å²) in [7, 11) is 0. The first kappa shape index (κ1) is 15.3. The molecule has 0 saturated heterocycles. The summed E-state index contributed by atoms with van der Waals surface area (Å²) in [5, 5.41) is 6.67. The largest absolute Gasteiger partial charge is 0.394 e. The van der Waals surface area contributed by atoms with Gasteiger partial charge >= 0.3 is 0 Å². The Balaban J connectivity index is 0.000000213. The molecule has 0 saturated carbocycles. The fraction of sp³-hybridized carbons (Fsp3) is 0.263. The fourth-order valence-electron chi connectivity index (χ4n) is 2.40. The number of amidine groups is 1. The van der Waals surface area contributed by atoms with Crippen LogP contribution in [-0.4, -0.2) is 18.3 Å². The number of nitrogens with zero attached hydrogens (tertiary/aromatic N) is 1. The second-order valence-electron chi connectivity index (χ2n) is 5.56. The molecule has 0 atom stereocenters. The molecule has 1 N–H and O–H groups in total. The summed E-state index contributed by atoms with van der Waals surface area (Å²) in [6.07, 6.45) is 3.27. The van der Waals surface area contributed by atoms with Gasteiger partial charge < -0.3 is 10.2 Å². The highest BCUT2D eigenvalue weighted by atomic mass is 16.6. The van der Waals surface area contributed by atoms with E-state index in [9.17, 15) is 4.79 Å². The molecule has 0 spiro atoms. The lowest BCUT2D eigenvalue weighted by Gasteiger charge is -2.00. The van der Waals surface area contributed by atoms with E-state index in [1.165, 1.54) is 11.1 Å². The van der Waals surface area contributed by atoms with E-state index in [1.807, 2.05) is 18.2 Å². The first-order valence-electron chi connectivity index (χ1n) is 8.00. The number of fused-ring (bicyclic) bond motifs is 2. The summed E-state index contributed by atoms with van der Waals surface area (Å²) in [5.41, 5.74) is 4.32. The third-order valence-corrected chi connectivity index (χ3v) is 3.77. The highest BCUT2D eigenvalue weighted by molar-refractivity contribution is 6.23. The van der Waals surface area contributed by atoms with Crippen molar-refractivity contribution in [2.24, 2.45) is 5.16 Å². The number of hydrogen-bond acceptors (Lipinski definition) is 3. The Bertz CT molecular complexity index is 720. The van der Waals surface area contributed by atoms with E-state index in [2.05, 4.69) is 41.7 Å². The number of carbonyl (C=O) groups excluding carboxylic acids is 1. The fourth-order valence-corrected chi connectivity index (χ4v) is 2.40. The minimum Gasteiger partial charge on any atom is -0.394 e. The normalized spacial score (nSPS) is 14.7. The van der Waals surface area contributed by atoms with Crippen molar-refractivity contribution in [3.63, 3.8) is 0 Å². The number of unbranched alkanes of at least 4 members (excludes halogenated alkanes) is 2. The number of rotatable bonds is 5. The molecule has 1 aromatic carbocycles. The molecule has 0 radical (unpaired) electrons. The molecule has 1 amide bonds. The number of amides is 1. The minimum absolute atomic E-state index is 0.114. The van der Waals surface area contributed by atoms with Crippen LogP contribution in [0, 0.1) is 0 Å². The molecule has 23 heavy (non-hydrogen) atoms. The van der Waals surface area contributed by atoms with Crippen LogP contribution in [0.5, 0.6) is 0 Å². The monoisotopic (exact) mass is 308 g/mol. The Labute approximate surface area is 136 Å². The Hall–Kier alpha value is -2.62. The lowest BCUT2D eigenvalue weighted by atomic mass is 10.1. The van der Waals surface area contributed by atoms with Crippen LogP contribution in [0.25, 0.3) is 11.1 Å². The molecule has 2 aliphatic carbocycles. The van der Waals surface area contributed by atoms with E-state index in [0.717, 1.165) is 24.8 Å². The summed E-state index contributed by atoms with van der Waals surface area (Å²) in [6.45, 7) is 2.73. The third kappa shape index (κ3) is 3.77. The van der Waals surface area contributed by atoms with Crippen molar-refractivity contribution in [2.75, 3.05) is 6.61 Å². The van der Waals surface area contributed by atoms with E-state index in [-0.39, 0.29) is 5.91 Å². The summed E-state index contributed by atoms with van der Waals surface area (Å²) in [6, 6.07) is 15.8. The standard InChI is InChI=1S/C13H16N2O2.C6H4/c1-2-3-6-9-17-15-12-10-7-4-5-8-11(10)13(16)14-12;1-2-5-4-6(5)3-1/h4-5,7-8H,2-3,6,9H2,1H3,(H,14,15,16);1-4H. The number of benzene rings is 2. The molecule has 4 heteroatoms. The minimum atomic E-state index is -0.114. The van der Waals surface area contributed by atoms with Crippen LogP contribution in [-0.2, 0) is 4.84 Å². The van der Waals surface area contributed by atoms with Gasteiger partial charge in [-0.1, -0.05) is 61.3 Å². The molecule has 4 nitrogen and oxygen atoms in total. The smallest absolute Gasteiger partial charge is 0.257 e. The summed E-state index contributed by atoms with van der Waals surface area (Å²) in [5.74, 6) is 0.401. The average molecular weight is 308 g/mol. The van der Waals surface area contributed by atoms with E-state index in [0.29, 0.717) is 18.0 Å². The average Bonchev–Trinajstić information content (AvgIpc) is 3.04. The molecular weight excluding hydrogens is 288 g/mol. The zero-order chi connectivity index (χ0) is 16.1. The highest BCUT2D eigenvalue weighted by Gasteiger charge is 2.24. The van der Waals surface area contributed by atoms with Crippen LogP contribution in [0.3, 0.4) is 0 Å². The van der Waals surface area contributed by atoms with Crippen molar-refractivity contribution in [2.45, 2.75) is 26.2 Å². The van der Waals surface area contributed by atoms with Crippen LogP contribution >= 0.6 is 0 Å². The molecule has 0 bridgehead atoms. The topological polar surface area (TPSA) is 50.7 Å². The van der Waals surface area contributed by atoms with Gasteiger partial charge in [0.05, 0.1) is 5.56 Å². The lowest BCUT2D eigenvalue weighted by Crippen LogP contribution is -2.21. The number of nitrogens with one attached hydrogen (secondary N) is 1. The van der Waals surface area contributed by atoms with E-state index in [4.69, 9.17) is 4.84 Å². The lowest BCUT2D eigenvalue weighted by molar-refractivity contribution is 0.0978. The zero-order valence-corrected chi connectivity index (χ0v) is 13.2. The van der Waals surface area contributed by atoms with Crippen molar-refractivity contribution in [1.82, 2.24) is 5.32 Å². The second kappa shape index (κ2) is 7.09. The number of hydrogen-bond donors (Lipinski definition) is 1. The quantitative estimate of drug-likeness (QED) is 0.573. The first-order valence-corrected chi connectivity index (χ1v) is 8.00. The van der Waals surface area contributed by atoms with Crippen LogP contribution in [0.1, 0.15) is 42.1 Å². The van der Waals surface area contributed by atoms with Crippen LogP contribution in [0.15, 0.2) is 53.7 Å². The van der Waals surface area contributed by atoms with Gasteiger partial charge in [-0.05, 0) is 29.7 Å². The molecule has 0 fully saturated rings. The summed E-state index contributed by atoms with van der Waals surface area (Å²) >= 11 is 0. The van der Waals surface area contributed by atoms with Crippen molar-refractivity contribution in [3.8, 4) is 11.1 Å². The van der Waals surface area contributed by atoms with Crippen LogP contribution < -0.4 is 5.32 Å². The summed E-state index contributed by atoms with van der Waals surface area (Å²) < 4.78 is 0. The number of oxime groups is 1. The van der Waals surface area contributed by atoms with Gasteiger partial charge in [0.1, 0.15) is 6.61 Å². The Morgan fingerprint density at radius 2 is 1.74 bits per heavy atom. The maximum atomic E-state index is 11.6. The van der Waals surface area contributed by atoms with Crippen LogP contribution in [0.2, 0.25) is 0 Å². The maximum Gasteiger partial charge on any atom is 0.257 e. The van der Waals surface area contributed by atoms with Gasteiger partial charge in [0.2, 0.25) is 0 Å². The second-order valence-corrected chi connectivity index (χ2v) is 5.56. The Kier molecular flexibility index (Phi) is 4.71. The summed E-state index contributed by atoms with van der Waals surface area (Å²) in [4.78, 5) is 16.8. The van der Waals surface area contributed by atoms with Crippen LogP contribution in [0.4, 0.5) is 0 Å².